The van der Waals surface area contributed by atoms with Crippen molar-refractivity contribution in [3.63, 3.8) is 0 Å². The number of imidazole rings is 1. The molecule has 0 unspecified atom stereocenters. The molecule has 7 heteroatoms. The number of hydrogen-bond donors (Lipinski definition) is 0. The van der Waals surface area contributed by atoms with Gasteiger partial charge in [-0.1, -0.05) is 112 Å². The second-order valence-corrected chi connectivity index (χ2v) is 19.4. The van der Waals surface area contributed by atoms with Gasteiger partial charge in [-0.2, -0.15) is 0 Å². The highest BCUT2D eigenvalue weighted by atomic mass is 32.1. The van der Waals surface area contributed by atoms with Gasteiger partial charge in [0.1, 0.15) is 16.9 Å². The Kier molecular flexibility index (Phi) is 7.97. The quantitative estimate of drug-likeness (QED) is 0.176. The Bertz CT molecular complexity index is 2880. The summed E-state index contributed by atoms with van der Waals surface area (Å²) in [5.74, 6) is 1.36. The summed E-state index contributed by atoms with van der Waals surface area (Å²) in [7, 11) is 0. The maximum absolute atomic E-state index is 7.01. The number of benzene rings is 5. The molecule has 0 fully saturated rings. The highest BCUT2D eigenvalue weighted by Gasteiger charge is 2.29. The van der Waals surface area contributed by atoms with Crippen molar-refractivity contribution in [1.29, 1.82) is 0 Å². The minimum Gasteiger partial charge on any atom is -0.453 e. The Morgan fingerprint density at radius 1 is 0.611 bits per heavy atom. The summed E-state index contributed by atoms with van der Waals surface area (Å²) in [6.07, 6.45) is 0. The molecule has 0 saturated carbocycles. The zero-order chi connectivity index (χ0) is 37.8. The average Bonchev–Trinajstić information content (AvgIpc) is 3.92. The molecule has 0 aliphatic heterocycles. The van der Waals surface area contributed by atoms with Gasteiger partial charge < -0.3 is 4.42 Å². The van der Waals surface area contributed by atoms with Crippen molar-refractivity contribution < 1.29 is 4.42 Å². The summed E-state index contributed by atoms with van der Waals surface area (Å²) < 4.78 is 11.8. The third-order valence-corrected chi connectivity index (χ3v) is 13.4. The van der Waals surface area contributed by atoms with Crippen LogP contribution in [0.5, 0.6) is 0 Å². The molecule has 4 aromatic heterocycles. The topological polar surface area (TPSA) is 56.7 Å². The molecule has 4 heterocycles. The number of para-hydroxylation sites is 1. The molecule has 0 bridgehead atoms. The Labute approximate surface area is 324 Å². The van der Waals surface area contributed by atoms with Gasteiger partial charge in [0.05, 0.1) is 47.2 Å². The lowest BCUT2D eigenvalue weighted by Crippen LogP contribution is -2.09. The zero-order valence-electron chi connectivity index (χ0n) is 32.8. The van der Waals surface area contributed by atoms with E-state index in [-0.39, 0.29) is 22.7 Å². The molecule has 0 aliphatic carbocycles. The molecule has 9 rings (SSSR count). The minimum atomic E-state index is -0.0824. The van der Waals surface area contributed by atoms with Gasteiger partial charge in [0.2, 0.25) is 0 Å². The number of furan rings is 1. The van der Waals surface area contributed by atoms with Crippen molar-refractivity contribution in [3.8, 4) is 28.2 Å². The molecular formula is C47H46N4OS2. The van der Waals surface area contributed by atoms with Gasteiger partial charge >= 0.3 is 0 Å². The smallest absolute Gasteiger partial charge is 0.162 e. The van der Waals surface area contributed by atoms with Crippen LogP contribution in [0, 0.1) is 0 Å². The fourth-order valence-corrected chi connectivity index (χ4v) is 9.80. The van der Waals surface area contributed by atoms with Gasteiger partial charge in [0.25, 0.3) is 0 Å². The first kappa shape index (κ1) is 34.9. The molecule has 272 valence electrons. The lowest BCUT2D eigenvalue weighted by Gasteiger charge is -2.24. The highest BCUT2D eigenvalue weighted by Crippen LogP contribution is 2.46. The van der Waals surface area contributed by atoms with Crippen molar-refractivity contribution in [1.82, 2.24) is 19.5 Å². The molecule has 0 N–H and O–H groups in total. The monoisotopic (exact) mass is 746 g/mol. The third-order valence-electron chi connectivity index (χ3n) is 10.5. The molecule has 0 atom stereocenters. The fourth-order valence-electron chi connectivity index (χ4n) is 7.62. The lowest BCUT2D eigenvalue weighted by atomic mass is 9.88. The number of hydrogen-bond acceptors (Lipinski definition) is 6. The Morgan fingerprint density at radius 2 is 1.26 bits per heavy atom. The minimum absolute atomic E-state index is 0.0504. The molecule has 0 amide bonds. The van der Waals surface area contributed by atoms with Gasteiger partial charge in [0.15, 0.2) is 5.58 Å². The largest absolute Gasteiger partial charge is 0.453 e. The number of aromatic nitrogens is 4. The number of fused-ring (bicyclic) bond motifs is 8. The van der Waals surface area contributed by atoms with Crippen LogP contribution in [0.25, 0.3) is 81.6 Å². The fraction of sp³-hybridized carbons (Fsp3) is 0.298. The predicted molar refractivity (Wildman–Crippen MR) is 231 cm³/mol. The molecule has 5 aromatic carbocycles. The van der Waals surface area contributed by atoms with Crippen molar-refractivity contribution in [2.75, 3.05) is 0 Å². The summed E-state index contributed by atoms with van der Waals surface area (Å²) in [5, 5.41) is 4.37. The van der Waals surface area contributed by atoms with E-state index in [1.807, 2.05) is 0 Å². The highest BCUT2D eigenvalue weighted by molar-refractivity contribution is 7.19. The van der Waals surface area contributed by atoms with Gasteiger partial charge in [0, 0.05) is 21.6 Å². The van der Waals surface area contributed by atoms with Crippen LogP contribution < -0.4 is 0 Å². The molecule has 0 aliphatic rings. The molecule has 5 nitrogen and oxygen atoms in total. The number of nitrogens with zero attached hydrogens (tertiary/aromatic N) is 4. The number of rotatable bonds is 5. The van der Waals surface area contributed by atoms with E-state index in [4.69, 9.17) is 19.4 Å². The van der Waals surface area contributed by atoms with Crippen LogP contribution in [0.1, 0.15) is 102 Å². The predicted octanol–water partition coefficient (Wildman–Crippen LogP) is 14.3. The van der Waals surface area contributed by atoms with E-state index in [0.717, 1.165) is 74.8 Å². The third kappa shape index (κ3) is 5.50. The molecular weight excluding hydrogens is 701 g/mol. The van der Waals surface area contributed by atoms with E-state index >= 15 is 0 Å². The standard InChI is InChI=1S/C47H46N4OS2/c1-25(2)32-23-28(27-15-12-11-13-16-27)24-33(26(3)4)38(32)51-39-34(20-21-35-42(39)54-44(49-35)46(5,6)7)48-43(51)31-18-14-17-29-30-19-22-36-37(41(30)52-40(29)31)50-45(53-36)47(8,9)10/h11-26H,1-10H3. The molecule has 0 spiro atoms. The van der Waals surface area contributed by atoms with Crippen LogP contribution in [-0.4, -0.2) is 19.5 Å². The molecule has 9 aromatic rings. The summed E-state index contributed by atoms with van der Waals surface area (Å²) in [6, 6.07) is 30.7. The van der Waals surface area contributed by atoms with E-state index in [1.54, 1.807) is 22.7 Å². The summed E-state index contributed by atoms with van der Waals surface area (Å²) in [6.45, 7) is 22.6. The maximum Gasteiger partial charge on any atom is 0.162 e. The summed E-state index contributed by atoms with van der Waals surface area (Å²) in [4.78, 5) is 15.9. The van der Waals surface area contributed by atoms with E-state index in [9.17, 15) is 0 Å². The summed E-state index contributed by atoms with van der Waals surface area (Å²) in [5.41, 5.74) is 12.7. The van der Waals surface area contributed by atoms with Gasteiger partial charge in [-0.15, -0.1) is 22.7 Å². The van der Waals surface area contributed by atoms with Crippen molar-refractivity contribution in [2.24, 2.45) is 0 Å². The average molecular weight is 747 g/mol. The molecule has 54 heavy (non-hydrogen) atoms. The second kappa shape index (κ2) is 12.3. The van der Waals surface area contributed by atoms with Crippen LogP contribution >= 0.6 is 22.7 Å². The number of thiazole rings is 2. The lowest BCUT2D eigenvalue weighted by molar-refractivity contribution is 0.586. The molecule has 0 radical (unpaired) electrons. The van der Waals surface area contributed by atoms with Crippen molar-refractivity contribution in [3.05, 3.63) is 106 Å². The van der Waals surface area contributed by atoms with Gasteiger partial charge in [-0.05, 0) is 76.6 Å². The Balaban J connectivity index is 1.42. The Hall–Kier alpha value is -4.85. The van der Waals surface area contributed by atoms with Gasteiger partial charge in [-0.25, -0.2) is 15.0 Å². The second-order valence-electron chi connectivity index (χ2n) is 17.3. The summed E-state index contributed by atoms with van der Waals surface area (Å²) >= 11 is 3.54. The van der Waals surface area contributed by atoms with Crippen LogP contribution in [0.3, 0.4) is 0 Å². The first-order valence-corrected chi connectivity index (χ1v) is 20.6. The van der Waals surface area contributed by atoms with Crippen LogP contribution in [0.15, 0.2) is 89.3 Å². The van der Waals surface area contributed by atoms with Crippen LogP contribution in [0.2, 0.25) is 0 Å². The van der Waals surface area contributed by atoms with E-state index in [2.05, 4.69) is 159 Å². The first-order valence-electron chi connectivity index (χ1n) is 19.0. The van der Waals surface area contributed by atoms with E-state index in [1.165, 1.54) is 27.9 Å². The Morgan fingerprint density at radius 3 is 1.93 bits per heavy atom. The SMILES string of the molecule is CC(C)c1cc(-c2ccccc2)cc(C(C)C)c1-n1c(-c2cccc3c2oc2c3ccc3sc(C(C)(C)C)nc32)nc2ccc3nc(C(C)(C)C)sc3c21. The van der Waals surface area contributed by atoms with Crippen molar-refractivity contribution in [2.45, 2.75) is 91.9 Å². The van der Waals surface area contributed by atoms with Crippen molar-refractivity contribution >= 4 is 76.1 Å². The molecule has 0 saturated heterocycles. The zero-order valence-corrected chi connectivity index (χ0v) is 34.4. The maximum atomic E-state index is 7.01. The normalized spacial score (nSPS) is 13.0. The van der Waals surface area contributed by atoms with E-state index in [0.29, 0.717) is 0 Å². The first-order chi connectivity index (χ1) is 25.7. The van der Waals surface area contributed by atoms with Crippen LogP contribution in [-0.2, 0) is 10.8 Å². The van der Waals surface area contributed by atoms with Crippen LogP contribution in [0.4, 0.5) is 0 Å². The van der Waals surface area contributed by atoms with Gasteiger partial charge in [-0.3, -0.25) is 4.57 Å². The van der Waals surface area contributed by atoms with E-state index < -0.39 is 0 Å².